The van der Waals surface area contributed by atoms with Gasteiger partial charge in [-0.05, 0) is 31.9 Å². The van der Waals surface area contributed by atoms with E-state index in [1.165, 1.54) is 0 Å². The summed E-state index contributed by atoms with van der Waals surface area (Å²) in [4.78, 5) is 27.2. The van der Waals surface area contributed by atoms with E-state index in [0.717, 1.165) is 11.3 Å². The van der Waals surface area contributed by atoms with Crippen molar-refractivity contribution in [3.63, 3.8) is 0 Å². The molecular weight excluding hydrogens is 336 g/mol. The molecule has 2 bridgehead atoms. The average molecular weight is 360 g/mol. The van der Waals surface area contributed by atoms with Crippen LogP contribution in [0.3, 0.4) is 0 Å². The van der Waals surface area contributed by atoms with E-state index in [1.807, 2.05) is 51.1 Å². The van der Waals surface area contributed by atoms with Crippen molar-refractivity contribution in [2.75, 3.05) is 7.11 Å². The number of hydrogen-bond donors (Lipinski definition) is 0. The van der Waals surface area contributed by atoms with Gasteiger partial charge in [-0.1, -0.05) is 32.0 Å². The second kappa shape index (κ2) is 5.10. The Bertz CT molecular complexity index is 745. The second-order valence-electron chi connectivity index (χ2n) is 8.07. The van der Waals surface area contributed by atoms with E-state index in [9.17, 15) is 9.59 Å². The fourth-order valence-electron chi connectivity index (χ4n) is 5.76. The quantitative estimate of drug-likeness (QED) is 0.771. The van der Waals surface area contributed by atoms with Crippen LogP contribution in [0.5, 0.6) is 0 Å². The summed E-state index contributed by atoms with van der Waals surface area (Å²) in [6.45, 7) is 6.05. The van der Waals surface area contributed by atoms with Crippen LogP contribution in [0.2, 0.25) is 0 Å². The highest BCUT2D eigenvalue weighted by molar-refractivity contribution is 8.00. The summed E-state index contributed by atoms with van der Waals surface area (Å²) in [6, 6.07) is 9.94. The molecule has 4 nitrogen and oxygen atoms in total. The Morgan fingerprint density at radius 3 is 2.48 bits per heavy atom. The molecule has 2 saturated carbocycles. The molecule has 1 aromatic carbocycles. The number of methoxy groups -OCH3 is 1. The number of hydrogen-bond acceptors (Lipinski definition) is 5. The van der Waals surface area contributed by atoms with E-state index in [2.05, 4.69) is 0 Å². The third-order valence-electron chi connectivity index (χ3n) is 7.07. The number of carbonyl (C=O) groups excluding carboxylic acids is 2. The molecule has 1 aromatic rings. The van der Waals surface area contributed by atoms with Crippen LogP contribution in [-0.4, -0.2) is 35.3 Å². The minimum absolute atomic E-state index is 0.187. The first-order chi connectivity index (χ1) is 11.8. The van der Waals surface area contributed by atoms with Crippen molar-refractivity contribution >= 4 is 23.5 Å². The van der Waals surface area contributed by atoms with Crippen LogP contribution in [-0.2, 0) is 19.1 Å². The highest BCUT2D eigenvalue weighted by Gasteiger charge is 2.89. The number of thioether (sulfide) groups is 1. The molecule has 3 aliphatic rings. The number of fused-ring (bicyclic) bond motifs is 1. The molecule has 4 rings (SSSR count). The number of benzene rings is 1. The molecule has 0 amide bonds. The summed E-state index contributed by atoms with van der Waals surface area (Å²) in [5, 5.41) is -0.309. The van der Waals surface area contributed by atoms with Crippen molar-refractivity contribution in [1.82, 2.24) is 0 Å². The maximum Gasteiger partial charge on any atom is 0.340 e. The van der Waals surface area contributed by atoms with Crippen LogP contribution < -0.4 is 0 Å². The van der Waals surface area contributed by atoms with Gasteiger partial charge in [0.05, 0.1) is 10.7 Å². The SMILES string of the molecule is CO[C@@]12C(=O)O[C@]3(CCCC(=O)[C@@]3(C)[C@@H]1Sc1ccccc1)C2(C)C. The highest BCUT2D eigenvalue weighted by atomic mass is 32.2. The minimum atomic E-state index is -1.12. The zero-order chi connectivity index (χ0) is 18.1. The number of carbonyl (C=O) groups is 2. The number of esters is 1. The molecule has 0 unspecified atom stereocenters. The molecule has 1 heterocycles. The van der Waals surface area contributed by atoms with E-state index in [0.29, 0.717) is 12.8 Å². The topological polar surface area (TPSA) is 52.6 Å². The lowest BCUT2D eigenvalue weighted by molar-refractivity contribution is -0.191. The Hall–Kier alpha value is -1.33. The van der Waals surface area contributed by atoms with Crippen LogP contribution in [0.15, 0.2) is 35.2 Å². The molecule has 1 spiro atoms. The van der Waals surface area contributed by atoms with E-state index in [1.54, 1.807) is 18.9 Å². The van der Waals surface area contributed by atoms with Crippen molar-refractivity contribution in [2.24, 2.45) is 10.8 Å². The molecule has 2 aliphatic carbocycles. The monoisotopic (exact) mass is 360 g/mol. The largest absolute Gasteiger partial charge is 0.455 e. The van der Waals surface area contributed by atoms with Gasteiger partial charge < -0.3 is 9.47 Å². The van der Waals surface area contributed by atoms with Gasteiger partial charge in [-0.2, -0.15) is 0 Å². The lowest BCUT2D eigenvalue weighted by atomic mass is 9.59. The first kappa shape index (κ1) is 17.1. The van der Waals surface area contributed by atoms with Crippen LogP contribution in [0.1, 0.15) is 40.0 Å². The zero-order valence-electron chi connectivity index (χ0n) is 15.1. The first-order valence-corrected chi connectivity index (χ1v) is 9.69. The van der Waals surface area contributed by atoms with Crippen LogP contribution in [0.25, 0.3) is 0 Å². The van der Waals surface area contributed by atoms with Crippen molar-refractivity contribution < 1.29 is 19.1 Å². The predicted octanol–water partition coefficient (Wildman–Crippen LogP) is 3.63. The summed E-state index contributed by atoms with van der Waals surface area (Å²) in [7, 11) is 1.58. The third kappa shape index (κ3) is 1.65. The lowest BCUT2D eigenvalue weighted by Gasteiger charge is -2.50. The summed E-state index contributed by atoms with van der Waals surface area (Å²) < 4.78 is 12.0. The Balaban J connectivity index is 1.94. The molecule has 0 radical (unpaired) electrons. The van der Waals surface area contributed by atoms with Crippen LogP contribution >= 0.6 is 11.8 Å². The Morgan fingerprint density at radius 2 is 1.84 bits per heavy atom. The normalized spacial score (nSPS) is 41.5. The molecule has 0 aromatic heterocycles. The molecular formula is C20H24O4S. The van der Waals surface area contributed by atoms with Gasteiger partial charge in [0.1, 0.15) is 11.4 Å². The van der Waals surface area contributed by atoms with E-state index < -0.39 is 22.0 Å². The Morgan fingerprint density at radius 1 is 1.16 bits per heavy atom. The van der Waals surface area contributed by atoms with Gasteiger partial charge in [0, 0.05) is 23.8 Å². The highest BCUT2D eigenvalue weighted by Crippen LogP contribution is 2.75. The van der Waals surface area contributed by atoms with Crippen molar-refractivity contribution in [3.05, 3.63) is 30.3 Å². The summed E-state index contributed by atoms with van der Waals surface area (Å²) in [6.07, 6.45) is 2.01. The Kier molecular flexibility index (Phi) is 3.49. The fraction of sp³-hybridized carbons (Fsp3) is 0.600. The zero-order valence-corrected chi connectivity index (χ0v) is 15.9. The molecule has 1 saturated heterocycles. The average Bonchev–Trinajstić information content (AvgIpc) is 2.83. The predicted molar refractivity (Wildman–Crippen MR) is 95.4 cm³/mol. The number of rotatable bonds is 3. The van der Waals surface area contributed by atoms with Gasteiger partial charge in [-0.3, -0.25) is 4.79 Å². The van der Waals surface area contributed by atoms with Crippen molar-refractivity contribution in [3.8, 4) is 0 Å². The van der Waals surface area contributed by atoms with Gasteiger partial charge in [0.15, 0.2) is 5.60 Å². The van der Waals surface area contributed by atoms with E-state index in [4.69, 9.17) is 9.47 Å². The number of ketones is 1. The second-order valence-corrected chi connectivity index (χ2v) is 9.25. The molecule has 134 valence electrons. The minimum Gasteiger partial charge on any atom is -0.455 e. The molecule has 3 fully saturated rings. The Labute approximate surface area is 152 Å². The standard InChI is InChI=1S/C20H24O4S/c1-17(2)19-12-8-11-14(21)18(19,3)15(20(17,23-4)16(22)24-19)25-13-9-6-5-7-10-13/h5-7,9-10,15H,8,11-12H2,1-4H3/t15-,18-,19+,20+/m0/s1. The number of Topliss-reactive ketones (excluding diaryl/α,β-unsaturated/α-hetero) is 1. The van der Waals surface area contributed by atoms with Gasteiger partial charge in [0.25, 0.3) is 0 Å². The maximum absolute atomic E-state index is 13.2. The smallest absolute Gasteiger partial charge is 0.340 e. The molecule has 5 heteroatoms. The molecule has 25 heavy (non-hydrogen) atoms. The molecule has 0 N–H and O–H groups in total. The van der Waals surface area contributed by atoms with Gasteiger partial charge >= 0.3 is 5.97 Å². The summed E-state index contributed by atoms with van der Waals surface area (Å²) in [5.41, 5.74) is -3.25. The summed E-state index contributed by atoms with van der Waals surface area (Å²) >= 11 is 1.58. The van der Waals surface area contributed by atoms with E-state index >= 15 is 0 Å². The van der Waals surface area contributed by atoms with Crippen LogP contribution in [0, 0.1) is 10.8 Å². The van der Waals surface area contributed by atoms with E-state index in [-0.39, 0.29) is 17.0 Å². The lowest BCUT2D eigenvalue weighted by Crippen LogP contribution is -2.62. The summed E-state index contributed by atoms with van der Waals surface area (Å²) in [5.74, 6) is -0.132. The molecule has 1 aliphatic heterocycles. The van der Waals surface area contributed by atoms with Gasteiger partial charge in [0.2, 0.25) is 0 Å². The third-order valence-corrected chi connectivity index (χ3v) is 8.66. The van der Waals surface area contributed by atoms with Crippen molar-refractivity contribution in [1.29, 1.82) is 0 Å². The van der Waals surface area contributed by atoms with Crippen LogP contribution in [0.4, 0.5) is 0 Å². The first-order valence-electron chi connectivity index (χ1n) is 8.81. The van der Waals surface area contributed by atoms with Gasteiger partial charge in [-0.15, -0.1) is 11.8 Å². The fourth-order valence-corrected chi connectivity index (χ4v) is 7.56. The van der Waals surface area contributed by atoms with Crippen molar-refractivity contribution in [2.45, 2.75) is 61.4 Å². The number of ether oxygens (including phenoxy) is 2. The molecule has 4 atom stereocenters. The van der Waals surface area contributed by atoms with Gasteiger partial charge in [-0.25, -0.2) is 4.79 Å². The maximum atomic E-state index is 13.2.